The molecule has 6 nitrogen and oxygen atoms in total. The number of aryl methyl sites for hydroxylation is 1. The average molecular weight is 360 g/mol. The van der Waals surface area contributed by atoms with Crippen molar-refractivity contribution in [1.82, 2.24) is 14.8 Å². The van der Waals surface area contributed by atoms with Crippen molar-refractivity contribution >= 4 is 16.7 Å². The SMILES string of the molecule is COc1ccc(Cn2nc(C)c3c(Oc4ccc(N)cc4)ccnc32)cc1. The van der Waals surface area contributed by atoms with Crippen LogP contribution in [-0.2, 0) is 6.54 Å². The molecule has 2 aromatic heterocycles. The van der Waals surface area contributed by atoms with E-state index in [1.54, 1.807) is 13.3 Å². The van der Waals surface area contributed by atoms with Crippen LogP contribution in [0.25, 0.3) is 11.0 Å². The molecule has 0 spiro atoms. The van der Waals surface area contributed by atoms with Gasteiger partial charge in [-0.15, -0.1) is 0 Å². The Labute approximate surface area is 157 Å². The number of nitrogen functional groups attached to an aromatic ring is 1. The van der Waals surface area contributed by atoms with Gasteiger partial charge >= 0.3 is 0 Å². The van der Waals surface area contributed by atoms with E-state index in [0.717, 1.165) is 39.5 Å². The number of methoxy groups -OCH3 is 1. The molecule has 0 bridgehead atoms. The van der Waals surface area contributed by atoms with Crippen LogP contribution in [0, 0.1) is 6.92 Å². The Bertz CT molecular complexity index is 1070. The number of fused-ring (bicyclic) bond motifs is 1. The Morgan fingerprint density at radius 3 is 2.37 bits per heavy atom. The van der Waals surface area contributed by atoms with Crippen molar-refractivity contribution in [1.29, 1.82) is 0 Å². The van der Waals surface area contributed by atoms with E-state index in [1.165, 1.54) is 0 Å². The molecule has 2 aromatic carbocycles. The highest BCUT2D eigenvalue weighted by molar-refractivity contribution is 5.85. The summed E-state index contributed by atoms with van der Waals surface area (Å²) in [5, 5.41) is 5.57. The second kappa shape index (κ2) is 6.99. The second-order valence-electron chi connectivity index (χ2n) is 6.27. The zero-order valence-electron chi connectivity index (χ0n) is 15.2. The Kier molecular flexibility index (Phi) is 4.38. The lowest BCUT2D eigenvalue weighted by Gasteiger charge is -2.08. The first-order chi connectivity index (χ1) is 13.1. The Balaban J connectivity index is 1.68. The van der Waals surface area contributed by atoms with Gasteiger partial charge in [-0.2, -0.15) is 5.10 Å². The fourth-order valence-corrected chi connectivity index (χ4v) is 3.01. The molecule has 0 aliphatic heterocycles. The molecule has 4 rings (SSSR count). The van der Waals surface area contributed by atoms with Gasteiger partial charge in [0, 0.05) is 11.9 Å². The average Bonchev–Trinajstić information content (AvgIpc) is 3.01. The van der Waals surface area contributed by atoms with Crippen molar-refractivity contribution in [3.63, 3.8) is 0 Å². The van der Waals surface area contributed by atoms with Crippen LogP contribution in [0.2, 0.25) is 0 Å². The second-order valence-corrected chi connectivity index (χ2v) is 6.27. The van der Waals surface area contributed by atoms with Crippen LogP contribution in [0.3, 0.4) is 0 Å². The fourth-order valence-electron chi connectivity index (χ4n) is 3.01. The van der Waals surface area contributed by atoms with Crippen LogP contribution < -0.4 is 15.2 Å². The number of hydrogen-bond donors (Lipinski definition) is 1. The van der Waals surface area contributed by atoms with Crippen LogP contribution >= 0.6 is 0 Å². The number of hydrogen-bond acceptors (Lipinski definition) is 5. The first kappa shape index (κ1) is 16.9. The van der Waals surface area contributed by atoms with E-state index < -0.39 is 0 Å². The highest BCUT2D eigenvalue weighted by Gasteiger charge is 2.14. The summed E-state index contributed by atoms with van der Waals surface area (Å²) in [4.78, 5) is 4.52. The van der Waals surface area contributed by atoms with Gasteiger partial charge in [0.25, 0.3) is 0 Å². The van der Waals surface area contributed by atoms with Crippen LogP contribution in [0.15, 0.2) is 60.8 Å². The van der Waals surface area contributed by atoms with Crippen molar-refractivity contribution < 1.29 is 9.47 Å². The van der Waals surface area contributed by atoms with Gasteiger partial charge in [-0.05, 0) is 55.0 Å². The molecule has 0 saturated heterocycles. The molecule has 0 fully saturated rings. The maximum Gasteiger partial charge on any atom is 0.162 e. The molecular weight excluding hydrogens is 340 g/mol. The molecular formula is C21H20N4O2. The summed E-state index contributed by atoms with van der Waals surface area (Å²) in [6.45, 7) is 2.58. The number of nitrogens with two attached hydrogens (primary N) is 1. The van der Waals surface area contributed by atoms with Gasteiger partial charge in [-0.25, -0.2) is 9.67 Å². The van der Waals surface area contributed by atoms with Crippen LogP contribution in [0.5, 0.6) is 17.2 Å². The summed E-state index contributed by atoms with van der Waals surface area (Å²) < 4.78 is 13.2. The van der Waals surface area contributed by atoms with Crippen LogP contribution in [0.1, 0.15) is 11.3 Å². The third-order valence-corrected chi connectivity index (χ3v) is 4.37. The summed E-state index contributed by atoms with van der Waals surface area (Å²) in [6.07, 6.45) is 1.74. The number of rotatable bonds is 5. The predicted octanol–water partition coefficient (Wildman–Crippen LogP) is 4.17. The molecule has 0 aliphatic carbocycles. The summed E-state index contributed by atoms with van der Waals surface area (Å²) in [6, 6.07) is 17.1. The standard InChI is InChI=1S/C21H20N4O2/c1-14-20-19(27-18-9-5-16(22)6-10-18)11-12-23-21(20)25(24-14)13-15-3-7-17(26-2)8-4-15/h3-12H,13,22H2,1-2H3. The monoisotopic (exact) mass is 360 g/mol. The lowest BCUT2D eigenvalue weighted by Crippen LogP contribution is -2.02. The number of aromatic nitrogens is 3. The van der Waals surface area contributed by atoms with Crippen molar-refractivity contribution in [2.24, 2.45) is 0 Å². The van der Waals surface area contributed by atoms with E-state index in [0.29, 0.717) is 12.2 Å². The lowest BCUT2D eigenvalue weighted by atomic mass is 10.2. The summed E-state index contributed by atoms with van der Waals surface area (Å²) in [5.41, 5.74) is 9.22. The molecule has 0 aliphatic rings. The minimum absolute atomic E-state index is 0.618. The largest absolute Gasteiger partial charge is 0.497 e. The van der Waals surface area contributed by atoms with Crippen molar-refractivity contribution in [2.75, 3.05) is 12.8 Å². The smallest absolute Gasteiger partial charge is 0.162 e. The van der Waals surface area contributed by atoms with E-state index in [9.17, 15) is 0 Å². The summed E-state index contributed by atoms with van der Waals surface area (Å²) in [5.74, 6) is 2.28. The Morgan fingerprint density at radius 1 is 0.963 bits per heavy atom. The fraction of sp³-hybridized carbons (Fsp3) is 0.143. The van der Waals surface area contributed by atoms with Crippen molar-refractivity contribution in [3.8, 4) is 17.2 Å². The van der Waals surface area contributed by atoms with Crippen LogP contribution in [0.4, 0.5) is 5.69 Å². The summed E-state index contributed by atoms with van der Waals surface area (Å²) >= 11 is 0. The van der Waals surface area contributed by atoms with Crippen molar-refractivity contribution in [2.45, 2.75) is 13.5 Å². The molecule has 27 heavy (non-hydrogen) atoms. The van der Waals surface area contributed by atoms with Gasteiger partial charge < -0.3 is 15.2 Å². The van der Waals surface area contributed by atoms with E-state index in [2.05, 4.69) is 10.1 Å². The van der Waals surface area contributed by atoms with Gasteiger partial charge in [0.2, 0.25) is 0 Å². The number of anilines is 1. The van der Waals surface area contributed by atoms with E-state index in [4.69, 9.17) is 15.2 Å². The van der Waals surface area contributed by atoms with E-state index in [-0.39, 0.29) is 0 Å². The zero-order valence-corrected chi connectivity index (χ0v) is 15.2. The predicted molar refractivity (Wildman–Crippen MR) is 105 cm³/mol. The number of pyridine rings is 1. The molecule has 4 aromatic rings. The molecule has 0 atom stereocenters. The van der Waals surface area contributed by atoms with Crippen LogP contribution in [-0.4, -0.2) is 21.9 Å². The maximum absolute atomic E-state index is 6.06. The quantitative estimate of drug-likeness (QED) is 0.541. The topological polar surface area (TPSA) is 75.2 Å². The van der Waals surface area contributed by atoms with Gasteiger partial charge in [0.15, 0.2) is 5.65 Å². The number of nitrogens with zero attached hydrogens (tertiary/aromatic N) is 3. The van der Waals surface area contributed by atoms with E-state index in [1.807, 2.05) is 66.2 Å². The highest BCUT2D eigenvalue weighted by Crippen LogP contribution is 2.31. The Hall–Kier alpha value is -3.54. The third-order valence-electron chi connectivity index (χ3n) is 4.37. The number of benzene rings is 2. The molecule has 2 N–H and O–H groups in total. The summed E-state index contributed by atoms with van der Waals surface area (Å²) in [7, 11) is 1.66. The third kappa shape index (κ3) is 3.42. The maximum atomic E-state index is 6.06. The Morgan fingerprint density at radius 2 is 1.67 bits per heavy atom. The first-order valence-corrected chi connectivity index (χ1v) is 8.62. The highest BCUT2D eigenvalue weighted by atomic mass is 16.5. The van der Waals surface area contributed by atoms with Crippen molar-refractivity contribution in [3.05, 3.63) is 72.1 Å². The lowest BCUT2D eigenvalue weighted by molar-refractivity contribution is 0.414. The van der Waals surface area contributed by atoms with Gasteiger partial charge in [-0.1, -0.05) is 12.1 Å². The molecule has 6 heteroatoms. The normalized spacial score (nSPS) is 10.9. The molecule has 0 amide bonds. The van der Waals surface area contributed by atoms with Gasteiger partial charge in [0.1, 0.15) is 17.2 Å². The van der Waals surface area contributed by atoms with Gasteiger partial charge in [0.05, 0.1) is 24.7 Å². The minimum atomic E-state index is 0.618. The molecule has 0 radical (unpaired) electrons. The minimum Gasteiger partial charge on any atom is -0.497 e. The van der Waals surface area contributed by atoms with Gasteiger partial charge in [-0.3, -0.25) is 0 Å². The zero-order chi connectivity index (χ0) is 18.8. The molecule has 0 saturated carbocycles. The molecule has 0 unspecified atom stereocenters. The number of ether oxygens (including phenoxy) is 2. The molecule has 136 valence electrons. The molecule has 2 heterocycles. The first-order valence-electron chi connectivity index (χ1n) is 8.62. The van der Waals surface area contributed by atoms with E-state index >= 15 is 0 Å².